The Hall–Kier alpha value is -3.68. The molecule has 3 amide bonds. The van der Waals surface area contributed by atoms with Crippen molar-refractivity contribution in [3.05, 3.63) is 60.2 Å². The average Bonchev–Trinajstić information content (AvgIpc) is 3.23. The Morgan fingerprint density at radius 2 is 1.81 bits per heavy atom. The number of nitrogens with zero attached hydrogens (tertiary/aromatic N) is 3. The number of methoxy groups -OCH3 is 1. The molecular weight excluding hydrogens is 398 g/mol. The van der Waals surface area contributed by atoms with Crippen LogP contribution in [0.4, 0.5) is 10.5 Å². The van der Waals surface area contributed by atoms with Crippen LogP contribution < -0.4 is 9.75 Å². The zero-order chi connectivity index (χ0) is 22.2. The second kappa shape index (κ2) is 7.86. The van der Waals surface area contributed by atoms with Crippen LogP contribution >= 0.6 is 0 Å². The molecule has 0 aromatic heterocycles. The van der Waals surface area contributed by atoms with E-state index in [4.69, 9.17) is 9.47 Å². The van der Waals surface area contributed by atoms with Crippen molar-refractivity contribution >= 4 is 29.3 Å². The summed E-state index contributed by atoms with van der Waals surface area (Å²) >= 11 is 0. The van der Waals surface area contributed by atoms with Crippen LogP contribution in [0.1, 0.15) is 25.8 Å². The molecule has 0 radical (unpaired) electrons. The smallest absolute Gasteiger partial charge is 0.417 e. The SMILES string of the molecule is CCOC(=O)N1C(=O)C[C@@H](C)[C@@]12C(=O)N(c1ccccc1)N=C2c1ccc(OC)cc1. The van der Waals surface area contributed by atoms with Crippen molar-refractivity contribution in [2.75, 3.05) is 18.7 Å². The Morgan fingerprint density at radius 3 is 2.42 bits per heavy atom. The minimum atomic E-state index is -1.59. The van der Waals surface area contributed by atoms with Gasteiger partial charge in [0.2, 0.25) is 5.91 Å². The third-order valence-corrected chi connectivity index (χ3v) is 5.69. The highest BCUT2D eigenvalue weighted by Gasteiger charge is 2.67. The second-order valence-corrected chi connectivity index (χ2v) is 7.43. The molecule has 8 heteroatoms. The summed E-state index contributed by atoms with van der Waals surface area (Å²) in [4.78, 5) is 40.6. The minimum Gasteiger partial charge on any atom is -0.497 e. The third kappa shape index (κ3) is 3.06. The van der Waals surface area contributed by atoms with E-state index < -0.39 is 29.4 Å². The van der Waals surface area contributed by atoms with Crippen LogP contribution in [-0.4, -0.2) is 47.8 Å². The van der Waals surface area contributed by atoms with Crippen LogP contribution in [0.25, 0.3) is 0 Å². The maximum Gasteiger partial charge on any atom is 0.417 e. The molecular formula is C23H23N3O5. The van der Waals surface area contributed by atoms with Gasteiger partial charge in [-0.1, -0.05) is 25.1 Å². The molecule has 2 aliphatic heterocycles. The number of carbonyl (C=O) groups excluding carboxylic acids is 3. The lowest BCUT2D eigenvalue weighted by atomic mass is 9.78. The maximum atomic E-state index is 13.9. The lowest BCUT2D eigenvalue weighted by molar-refractivity contribution is -0.134. The zero-order valence-electron chi connectivity index (χ0n) is 17.6. The average molecular weight is 421 g/mol. The molecule has 2 aromatic rings. The highest BCUT2D eigenvalue weighted by molar-refractivity contribution is 6.32. The Labute approximate surface area is 180 Å². The molecule has 2 aliphatic rings. The van der Waals surface area contributed by atoms with Gasteiger partial charge >= 0.3 is 6.09 Å². The molecule has 0 unspecified atom stereocenters. The van der Waals surface area contributed by atoms with Crippen molar-refractivity contribution < 1.29 is 23.9 Å². The molecule has 0 N–H and O–H groups in total. The first kappa shape index (κ1) is 20.6. The number of hydrogen-bond donors (Lipinski definition) is 0. The van der Waals surface area contributed by atoms with Crippen LogP contribution in [0.2, 0.25) is 0 Å². The van der Waals surface area contributed by atoms with Gasteiger partial charge in [0.1, 0.15) is 11.5 Å². The summed E-state index contributed by atoms with van der Waals surface area (Å²) in [6.07, 6.45) is -0.816. The fourth-order valence-electron chi connectivity index (χ4n) is 4.25. The van der Waals surface area contributed by atoms with Crippen molar-refractivity contribution in [2.24, 2.45) is 11.0 Å². The Bertz CT molecular complexity index is 1050. The highest BCUT2D eigenvalue weighted by atomic mass is 16.6. The van der Waals surface area contributed by atoms with E-state index in [1.54, 1.807) is 69.5 Å². The quantitative estimate of drug-likeness (QED) is 0.756. The largest absolute Gasteiger partial charge is 0.497 e. The van der Waals surface area contributed by atoms with Crippen LogP contribution in [0.5, 0.6) is 5.75 Å². The maximum absolute atomic E-state index is 13.9. The molecule has 8 nitrogen and oxygen atoms in total. The first-order valence-corrected chi connectivity index (χ1v) is 10.1. The fraction of sp³-hybridized carbons (Fsp3) is 0.304. The van der Waals surface area contributed by atoms with E-state index in [2.05, 4.69) is 5.10 Å². The lowest BCUT2D eigenvalue weighted by Gasteiger charge is -2.35. The Balaban J connectivity index is 1.92. The molecule has 2 atom stereocenters. The number of hydrogen-bond acceptors (Lipinski definition) is 6. The number of anilines is 1. The standard InChI is InChI=1S/C23H23N3O5/c1-4-31-22(29)25-19(27)14-15(2)23(25)20(16-10-12-18(30-3)13-11-16)24-26(21(23)28)17-8-6-5-7-9-17/h5-13,15H,4,14H2,1-3H3/t15-,23-/m1/s1. The number of ether oxygens (including phenoxy) is 2. The Morgan fingerprint density at radius 1 is 1.13 bits per heavy atom. The van der Waals surface area contributed by atoms with Crippen molar-refractivity contribution in [1.29, 1.82) is 0 Å². The van der Waals surface area contributed by atoms with Gasteiger partial charge in [-0.25, -0.2) is 9.69 Å². The number of carbonyl (C=O) groups is 3. The molecule has 2 aromatic carbocycles. The summed E-state index contributed by atoms with van der Waals surface area (Å²) in [5.41, 5.74) is -0.0992. The topological polar surface area (TPSA) is 88.5 Å². The summed E-state index contributed by atoms with van der Waals surface area (Å²) in [7, 11) is 1.56. The van der Waals surface area contributed by atoms with Crippen molar-refractivity contribution in [2.45, 2.75) is 25.8 Å². The first-order chi connectivity index (χ1) is 14.9. The predicted molar refractivity (Wildman–Crippen MR) is 114 cm³/mol. The van der Waals surface area contributed by atoms with Gasteiger partial charge in [-0.3, -0.25) is 9.59 Å². The molecule has 1 spiro atoms. The van der Waals surface area contributed by atoms with Gasteiger partial charge in [-0.05, 0) is 43.3 Å². The molecule has 2 heterocycles. The number of benzene rings is 2. The fourth-order valence-corrected chi connectivity index (χ4v) is 4.25. The molecule has 0 saturated carbocycles. The Kier molecular flexibility index (Phi) is 5.22. The molecule has 1 saturated heterocycles. The summed E-state index contributed by atoms with van der Waals surface area (Å²) in [5.74, 6) is -0.779. The number of imide groups is 1. The summed E-state index contributed by atoms with van der Waals surface area (Å²) in [6.45, 7) is 3.51. The predicted octanol–water partition coefficient (Wildman–Crippen LogP) is 3.21. The molecule has 0 aliphatic carbocycles. The number of rotatable bonds is 4. The van der Waals surface area contributed by atoms with E-state index in [1.165, 1.54) is 5.01 Å². The van der Waals surface area contributed by atoms with Gasteiger partial charge in [0.05, 0.1) is 19.4 Å². The number of likely N-dealkylation sites (tertiary alicyclic amines) is 1. The van der Waals surface area contributed by atoms with Crippen LogP contribution in [0, 0.1) is 5.92 Å². The minimum absolute atomic E-state index is 0.0301. The third-order valence-electron chi connectivity index (χ3n) is 5.69. The van der Waals surface area contributed by atoms with Crippen LogP contribution in [0.15, 0.2) is 59.7 Å². The van der Waals surface area contributed by atoms with Crippen LogP contribution in [0.3, 0.4) is 0 Å². The molecule has 4 rings (SSSR count). The zero-order valence-corrected chi connectivity index (χ0v) is 17.6. The van der Waals surface area contributed by atoms with Crippen molar-refractivity contribution in [3.63, 3.8) is 0 Å². The van der Waals surface area contributed by atoms with Gasteiger partial charge < -0.3 is 9.47 Å². The number of amides is 3. The van der Waals surface area contributed by atoms with Gasteiger partial charge in [0.15, 0.2) is 5.54 Å². The highest BCUT2D eigenvalue weighted by Crippen LogP contribution is 2.45. The van der Waals surface area contributed by atoms with Gasteiger partial charge in [0.25, 0.3) is 5.91 Å². The number of hydrazone groups is 1. The number of para-hydroxylation sites is 1. The van der Waals surface area contributed by atoms with Crippen LogP contribution in [-0.2, 0) is 14.3 Å². The van der Waals surface area contributed by atoms with E-state index in [0.29, 0.717) is 22.7 Å². The first-order valence-electron chi connectivity index (χ1n) is 10.1. The van der Waals surface area contributed by atoms with E-state index in [9.17, 15) is 14.4 Å². The van der Waals surface area contributed by atoms with Gasteiger partial charge in [0, 0.05) is 17.9 Å². The van der Waals surface area contributed by atoms with E-state index in [0.717, 1.165) is 4.90 Å². The summed E-state index contributed by atoms with van der Waals surface area (Å²) in [6, 6.07) is 15.9. The molecule has 1 fully saturated rings. The molecule has 160 valence electrons. The summed E-state index contributed by atoms with van der Waals surface area (Å²) in [5, 5.41) is 5.90. The lowest BCUT2D eigenvalue weighted by Crippen LogP contribution is -2.62. The van der Waals surface area contributed by atoms with Crippen molar-refractivity contribution in [1.82, 2.24) is 4.90 Å². The normalized spacial score (nSPS) is 22.8. The van der Waals surface area contributed by atoms with Gasteiger partial charge in [-0.15, -0.1) is 0 Å². The van der Waals surface area contributed by atoms with Gasteiger partial charge in [-0.2, -0.15) is 10.1 Å². The molecule has 31 heavy (non-hydrogen) atoms. The van der Waals surface area contributed by atoms with E-state index >= 15 is 0 Å². The summed E-state index contributed by atoms with van der Waals surface area (Å²) < 4.78 is 10.4. The second-order valence-electron chi connectivity index (χ2n) is 7.43. The van der Waals surface area contributed by atoms with Crippen molar-refractivity contribution in [3.8, 4) is 5.75 Å². The molecule has 0 bridgehead atoms. The van der Waals surface area contributed by atoms with E-state index in [1.807, 2.05) is 6.07 Å². The van der Waals surface area contributed by atoms with E-state index in [-0.39, 0.29) is 13.0 Å². The monoisotopic (exact) mass is 421 g/mol.